The maximum atomic E-state index is 11.7. The van der Waals surface area contributed by atoms with Crippen molar-refractivity contribution in [3.63, 3.8) is 0 Å². The van der Waals surface area contributed by atoms with Crippen LogP contribution >= 0.6 is 0 Å². The molecule has 1 rings (SSSR count). The molecular weight excluding hydrogens is 224 g/mol. The molecule has 6 nitrogen and oxygen atoms in total. The van der Waals surface area contributed by atoms with Crippen molar-refractivity contribution in [2.45, 2.75) is 25.8 Å². The maximum Gasteiger partial charge on any atom is 0.326 e. The van der Waals surface area contributed by atoms with E-state index in [1.165, 1.54) is 0 Å². The smallest absolute Gasteiger partial charge is 0.326 e. The fourth-order valence-electron chi connectivity index (χ4n) is 1.66. The van der Waals surface area contributed by atoms with Crippen LogP contribution in [0.1, 0.15) is 19.8 Å². The zero-order valence-corrected chi connectivity index (χ0v) is 9.68. The van der Waals surface area contributed by atoms with Crippen molar-refractivity contribution < 1.29 is 19.4 Å². The number of rotatable bonds is 5. The minimum Gasteiger partial charge on any atom is -0.480 e. The lowest BCUT2D eigenvalue weighted by Gasteiger charge is -2.17. The third-order valence-corrected chi connectivity index (χ3v) is 2.72. The number of aliphatic carboxylic acids is 1. The van der Waals surface area contributed by atoms with Crippen molar-refractivity contribution in [2.24, 2.45) is 11.8 Å². The van der Waals surface area contributed by atoms with Crippen molar-refractivity contribution in [2.75, 3.05) is 13.2 Å². The van der Waals surface area contributed by atoms with Crippen LogP contribution < -0.4 is 5.32 Å². The van der Waals surface area contributed by atoms with Gasteiger partial charge in [-0.2, -0.15) is 5.26 Å². The molecule has 1 aliphatic rings. The molecule has 0 aromatic carbocycles. The highest BCUT2D eigenvalue weighted by molar-refractivity contribution is 5.85. The first-order valence-corrected chi connectivity index (χ1v) is 5.55. The molecule has 0 radical (unpaired) electrons. The molecule has 0 unspecified atom stereocenters. The van der Waals surface area contributed by atoms with E-state index < -0.39 is 17.9 Å². The Morgan fingerprint density at radius 3 is 2.82 bits per heavy atom. The van der Waals surface area contributed by atoms with Crippen LogP contribution in [0.25, 0.3) is 0 Å². The summed E-state index contributed by atoms with van der Waals surface area (Å²) >= 11 is 0. The molecule has 0 aromatic heterocycles. The highest BCUT2D eigenvalue weighted by Crippen LogP contribution is 2.13. The van der Waals surface area contributed by atoms with Crippen molar-refractivity contribution in [1.29, 1.82) is 5.26 Å². The predicted octanol–water partition coefficient (Wildman–Crippen LogP) is 0.142. The second kappa shape index (κ2) is 6.21. The monoisotopic (exact) mass is 240 g/mol. The number of carbonyl (C=O) groups excluding carboxylic acids is 1. The summed E-state index contributed by atoms with van der Waals surface area (Å²) in [6.45, 7) is 2.50. The van der Waals surface area contributed by atoms with Gasteiger partial charge in [0.25, 0.3) is 0 Å². The lowest BCUT2D eigenvalue weighted by atomic mass is 10.0. The van der Waals surface area contributed by atoms with Gasteiger partial charge < -0.3 is 15.2 Å². The number of carbonyl (C=O) groups is 2. The number of hydrogen-bond acceptors (Lipinski definition) is 4. The predicted molar refractivity (Wildman–Crippen MR) is 57.9 cm³/mol. The molecule has 1 fully saturated rings. The minimum atomic E-state index is -1.11. The molecule has 0 bridgehead atoms. The Bertz CT molecular complexity index is 331. The van der Waals surface area contributed by atoms with E-state index in [-0.39, 0.29) is 18.2 Å². The third-order valence-electron chi connectivity index (χ3n) is 2.72. The van der Waals surface area contributed by atoms with Gasteiger partial charge in [-0.3, -0.25) is 4.79 Å². The molecule has 2 N–H and O–H groups in total. The number of nitrogens with zero attached hydrogens (tertiary/aromatic N) is 1. The molecular formula is C11H16N2O4. The van der Waals surface area contributed by atoms with E-state index in [1.807, 2.05) is 6.07 Å². The number of amides is 1. The molecule has 0 saturated carbocycles. The van der Waals surface area contributed by atoms with Gasteiger partial charge in [-0.25, -0.2) is 4.79 Å². The lowest BCUT2D eigenvalue weighted by molar-refractivity contribution is -0.142. The molecule has 1 saturated heterocycles. The van der Waals surface area contributed by atoms with Crippen LogP contribution in [-0.4, -0.2) is 36.2 Å². The second-order valence-corrected chi connectivity index (χ2v) is 4.23. The summed E-state index contributed by atoms with van der Waals surface area (Å²) in [5.41, 5.74) is 0. The zero-order valence-electron chi connectivity index (χ0n) is 9.68. The SMILES string of the molecule is C[C@H](C#N)C[C@H](NC(=O)[C@H]1CCOC1)C(=O)O. The minimum absolute atomic E-state index is 0.116. The highest BCUT2D eigenvalue weighted by Gasteiger charge is 2.28. The van der Waals surface area contributed by atoms with Crippen LogP contribution in [-0.2, 0) is 14.3 Å². The first-order chi connectivity index (χ1) is 8.04. The maximum absolute atomic E-state index is 11.7. The summed E-state index contributed by atoms with van der Waals surface area (Å²) in [6.07, 6.45) is 0.733. The number of carboxylic acid groups (broad SMARTS) is 1. The van der Waals surface area contributed by atoms with E-state index >= 15 is 0 Å². The van der Waals surface area contributed by atoms with Crippen molar-refractivity contribution in [1.82, 2.24) is 5.32 Å². The lowest BCUT2D eigenvalue weighted by Crippen LogP contribution is -2.44. The van der Waals surface area contributed by atoms with Gasteiger partial charge in [0.05, 0.1) is 18.6 Å². The van der Waals surface area contributed by atoms with Crippen LogP contribution in [0, 0.1) is 23.2 Å². The number of hydrogen-bond donors (Lipinski definition) is 2. The number of carboxylic acids is 1. The summed E-state index contributed by atoms with van der Waals surface area (Å²) in [5, 5.41) is 20.0. The molecule has 1 amide bonds. The van der Waals surface area contributed by atoms with Gasteiger partial charge in [-0.15, -0.1) is 0 Å². The fraction of sp³-hybridized carbons (Fsp3) is 0.727. The first-order valence-electron chi connectivity index (χ1n) is 5.55. The molecule has 0 spiro atoms. The van der Waals surface area contributed by atoms with Gasteiger partial charge in [0.1, 0.15) is 6.04 Å². The van der Waals surface area contributed by atoms with Gasteiger partial charge in [0, 0.05) is 12.5 Å². The van der Waals surface area contributed by atoms with Crippen molar-refractivity contribution in [3.8, 4) is 6.07 Å². The fourth-order valence-corrected chi connectivity index (χ4v) is 1.66. The Kier molecular flexibility index (Phi) is 4.91. The van der Waals surface area contributed by atoms with E-state index in [4.69, 9.17) is 15.1 Å². The van der Waals surface area contributed by atoms with Crippen LogP contribution in [0.3, 0.4) is 0 Å². The molecule has 17 heavy (non-hydrogen) atoms. The van der Waals surface area contributed by atoms with Crippen molar-refractivity contribution in [3.05, 3.63) is 0 Å². The Hall–Kier alpha value is -1.61. The van der Waals surface area contributed by atoms with Gasteiger partial charge in [-0.05, 0) is 19.8 Å². The summed E-state index contributed by atoms with van der Waals surface area (Å²) < 4.78 is 5.06. The third kappa shape index (κ3) is 4.04. The van der Waals surface area contributed by atoms with Crippen molar-refractivity contribution >= 4 is 11.9 Å². The number of nitrogens with one attached hydrogen (secondary N) is 1. The summed E-state index contributed by atoms with van der Waals surface area (Å²) in [5.74, 6) is -2.09. The van der Waals surface area contributed by atoms with Crippen LogP contribution in [0.2, 0.25) is 0 Å². The van der Waals surface area contributed by atoms with Gasteiger partial charge >= 0.3 is 5.97 Å². The molecule has 0 aliphatic carbocycles. The average molecular weight is 240 g/mol. The molecule has 94 valence electrons. The van der Waals surface area contributed by atoms with E-state index in [2.05, 4.69) is 5.32 Å². The van der Waals surface area contributed by atoms with E-state index in [9.17, 15) is 9.59 Å². The molecule has 1 aliphatic heterocycles. The molecule has 1 heterocycles. The Labute approximate surface area is 99.6 Å². The average Bonchev–Trinajstić information content (AvgIpc) is 2.81. The van der Waals surface area contributed by atoms with Crippen LogP contribution in [0.4, 0.5) is 0 Å². The van der Waals surface area contributed by atoms with Crippen LogP contribution in [0.5, 0.6) is 0 Å². The van der Waals surface area contributed by atoms with Gasteiger partial charge in [0.15, 0.2) is 0 Å². The largest absolute Gasteiger partial charge is 0.480 e. The zero-order chi connectivity index (χ0) is 12.8. The topological polar surface area (TPSA) is 99.4 Å². The quantitative estimate of drug-likeness (QED) is 0.712. The van der Waals surface area contributed by atoms with E-state index in [0.29, 0.717) is 19.6 Å². The first kappa shape index (κ1) is 13.5. The molecule has 0 aromatic rings. The van der Waals surface area contributed by atoms with E-state index in [1.54, 1.807) is 6.92 Å². The summed E-state index contributed by atoms with van der Waals surface area (Å²) in [4.78, 5) is 22.6. The summed E-state index contributed by atoms with van der Waals surface area (Å²) in [7, 11) is 0. The standard InChI is InChI=1S/C11H16N2O4/c1-7(5-12)4-9(11(15)16)13-10(14)8-2-3-17-6-8/h7-9H,2-4,6H2,1H3,(H,13,14)(H,15,16)/t7-,8-,9-/m0/s1. The van der Waals surface area contributed by atoms with Gasteiger partial charge in [0.2, 0.25) is 5.91 Å². The molecule has 6 heteroatoms. The van der Waals surface area contributed by atoms with Crippen LogP contribution in [0.15, 0.2) is 0 Å². The second-order valence-electron chi connectivity index (χ2n) is 4.23. The van der Waals surface area contributed by atoms with E-state index in [0.717, 1.165) is 0 Å². The Morgan fingerprint density at radius 1 is 1.65 bits per heavy atom. The molecule has 3 atom stereocenters. The Morgan fingerprint density at radius 2 is 2.35 bits per heavy atom. The normalized spacial score (nSPS) is 22.5. The number of ether oxygens (including phenoxy) is 1. The Balaban J connectivity index is 2.51. The number of nitriles is 1. The highest BCUT2D eigenvalue weighted by atomic mass is 16.5. The van der Waals surface area contributed by atoms with Gasteiger partial charge in [-0.1, -0.05) is 0 Å². The summed E-state index contributed by atoms with van der Waals surface area (Å²) in [6, 6.07) is 0.952.